The van der Waals surface area contributed by atoms with Crippen LogP contribution in [0.25, 0.3) is 10.9 Å². The highest BCUT2D eigenvalue weighted by molar-refractivity contribution is 6.10. The van der Waals surface area contributed by atoms with Crippen LogP contribution >= 0.6 is 0 Å². The van der Waals surface area contributed by atoms with Crippen molar-refractivity contribution in [3.63, 3.8) is 0 Å². The second-order valence-electron chi connectivity index (χ2n) is 7.69. The van der Waals surface area contributed by atoms with Crippen LogP contribution in [-0.4, -0.2) is 37.6 Å². The number of hydrogen-bond donors (Lipinski definition) is 1. The van der Waals surface area contributed by atoms with Crippen LogP contribution in [0.2, 0.25) is 0 Å². The lowest BCUT2D eigenvalue weighted by molar-refractivity contribution is -0.116. The van der Waals surface area contributed by atoms with E-state index in [1.54, 1.807) is 71.3 Å². The monoisotopic (exact) mass is 472 g/mol. The summed E-state index contributed by atoms with van der Waals surface area (Å²) in [7, 11) is 4.53. The molecule has 1 amide bonds. The summed E-state index contributed by atoms with van der Waals surface area (Å²) >= 11 is 0. The Bertz CT molecular complexity index is 1460. The molecular formula is C27H24N2O6. The molecule has 0 saturated heterocycles. The van der Waals surface area contributed by atoms with Crippen LogP contribution < -0.4 is 25.0 Å². The first kappa shape index (κ1) is 23.6. The third kappa shape index (κ3) is 4.86. The molecule has 3 aromatic carbocycles. The molecule has 1 aromatic heterocycles. The Balaban J connectivity index is 1.75. The Labute approximate surface area is 201 Å². The van der Waals surface area contributed by atoms with Crippen LogP contribution in [-0.2, 0) is 11.3 Å². The molecule has 0 aliphatic rings. The first-order chi connectivity index (χ1) is 16.9. The van der Waals surface area contributed by atoms with Gasteiger partial charge in [-0.15, -0.1) is 0 Å². The summed E-state index contributed by atoms with van der Waals surface area (Å²) < 4.78 is 17.4. The molecule has 8 nitrogen and oxygen atoms in total. The number of fused-ring (bicyclic) bond motifs is 1. The molecule has 1 heterocycles. The lowest BCUT2D eigenvalue weighted by Gasteiger charge is -2.15. The maximum absolute atomic E-state index is 13.3. The van der Waals surface area contributed by atoms with Gasteiger partial charge in [0.25, 0.3) is 0 Å². The van der Waals surface area contributed by atoms with Crippen molar-refractivity contribution in [1.82, 2.24) is 4.57 Å². The van der Waals surface area contributed by atoms with Crippen molar-refractivity contribution in [1.29, 1.82) is 0 Å². The van der Waals surface area contributed by atoms with Crippen molar-refractivity contribution in [2.24, 2.45) is 0 Å². The fourth-order valence-electron chi connectivity index (χ4n) is 3.79. The molecule has 178 valence electrons. The summed E-state index contributed by atoms with van der Waals surface area (Å²) in [4.78, 5) is 39.4. The van der Waals surface area contributed by atoms with Crippen molar-refractivity contribution in [2.75, 3.05) is 26.6 Å². The van der Waals surface area contributed by atoms with Crippen molar-refractivity contribution < 1.29 is 23.8 Å². The number of hydrogen-bond acceptors (Lipinski definition) is 6. The van der Waals surface area contributed by atoms with Crippen molar-refractivity contribution >= 4 is 28.3 Å². The summed E-state index contributed by atoms with van der Waals surface area (Å²) in [6.45, 7) is -0.145. The van der Waals surface area contributed by atoms with E-state index in [4.69, 9.17) is 14.2 Å². The zero-order valence-corrected chi connectivity index (χ0v) is 19.5. The number of ketones is 1. The predicted octanol–water partition coefficient (Wildman–Crippen LogP) is 3.90. The molecule has 0 atom stereocenters. The minimum Gasteiger partial charge on any atom is -0.497 e. The molecule has 1 N–H and O–H groups in total. The van der Waals surface area contributed by atoms with Gasteiger partial charge in [-0.3, -0.25) is 14.4 Å². The highest BCUT2D eigenvalue weighted by atomic mass is 16.5. The molecular weight excluding hydrogens is 448 g/mol. The Morgan fingerprint density at radius 3 is 2.23 bits per heavy atom. The average Bonchev–Trinajstić information content (AvgIpc) is 2.90. The summed E-state index contributed by atoms with van der Waals surface area (Å²) in [5.74, 6) is 0.702. The van der Waals surface area contributed by atoms with Crippen LogP contribution in [0.5, 0.6) is 17.2 Å². The summed E-state index contributed by atoms with van der Waals surface area (Å²) in [6, 6.07) is 18.5. The van der Waals surface area contributed by atoms with Gasteiger partial charge < -0.3 is 24.1 Å². The average molecular weight is 472 g/mol. The molecule has 0 aliphatic heterocycles. The number of anilines is 1. The molecule has 0 saturated carbocycles. The van der Waals surface area contributed by atoms with Gasteiger partial charge in [0, 0.05) is 17.8 Å². The lowest BCUT2D eigenvalue weighted by atomic mass is 10.0. The molecule has 4 rings (SSSR count). The van der Waals surface area contributed by atoms with E-state index in [-0.39, 0.29) is 23.4 Å². The highest BCUT2D eigenvalue weighted by Gasteiger charge is 2.19. The van der Waals surface area contributed by atoms with E-state index in [9.17, 15) is 14.4 Å². The largest absolute Gasteiger partial charge is 0.497 e. The summed E-state index contributed by atoms with van der Waals surface area (Å²) in [6.07, 6.45) is 1.43. The third-order valence-electron chi connectivity index (χ3n) is 5.56. The molecule has 0 bridgehead atoms. The van der Waals surface area contributed by atoms with Crippen LogP contribution in [0.4, 0.5) is 5.69 Å². The Morgan fingerprint density at radius 1 is 0.857 bits per heavy atom. The SMILES string of the molecule is COc1ccc(NC(=O)Cn2cc(C(=O)c3ccccc3)c(=O)c3cc(OC)ccc32)c(OC)c1. The molecule has 0 spiro atoms. The van der Waals surface area contributed by atoms with Crippen LogP contribution in [0.15, 0.2) is 77.7 Å². The van der Waals surface area contributed by atoms with Gasteiger partial charge in [-0.1, -0.05) is 30.3 Å². The predicted molar refractivity (Wildman–Crippen MR) is 133 cm³/mol. The zero-order valence-electron chi connectivity index (χ0n) is 19.5. The number of rotatable bonds is 8. The molecule has 0 fully saturated rings. The number of methoxy groups -OCH3 is 3. The van der Waals surface area contributed by atoms with E-state index in [1.165, 1.54) is 27.5 Å². The van der Waals surface area contributed by atoms with E-state index in [2.05, 4.69) is 5.32 Å². The number of benzene rings is 3. The van der Waals surface area contributed by atoms with Gasteiger partial charge in [0.2, 0.25) is 11.3 Å². The van der Waals surface area contributed by atoms with Gasteiger partial charge >= 0.3 is 0 Å². The summed E-state index contributed by atoms with van der Waals surface area (Å²) in [5, 5.41) is 3.09. The highest BCUT2D eigenvalue weighted by Crippen LogP contribution is 2.29. The van der Waals surface area contributed by atoms with E-state index >= 15 is 0 Å². The number of aromatic nitrogens is 1. The van der Waals surface area contributed by atoms with Gasteiger partial charge in [-0.2, -0.15) is 0 Å². The minimum atomic E-state index is -0.429. The van der Waals surface area contributed by atoms with Crippen molar-refractivity contribution in [3.8, 4) is 17.2 Å². The minimum absolute atomic E-state index is 0.0354. The van der Waals surface area contributed by atoms with Crippen LogP contribution in [0, 0.1) is 0 Å². The number of nitrogens with one attached hydrogen (secondary N) is 1. The van der Waals surface area contributed by atoms with Crippen LogP contribution in [0.3, 0.4) is 0 Å². The number of carbonyl (C=O) groups excluding carboxylic acids is 2. The fourth-order valence-corrected chi connectivity index (χ4v) is 3.79. The zero-order chi connectivity index (χ0) is 24.9. The van der Waals surface area contributed by atoms with Gasteiger partial charge in [-0.05, 0) is 30.3 Å². The van der Waals surface area contributed by atoms with Gasteiger partial charge in [-0.25, -0.2) is 0 Å². The number of ether oxygens (including phenoxy) is 3. The number of carbonyl (C=O) groups is 2. The van der Waals surface area contributed by atoms with Gasteiger partial charge in [0.05, 0.1) is 43.5 Å². The quantitative estimate of drug-likeness (QED) is 0.391. The number of amides is 1. The van der Waals surface area contributed by atoms with E-state index in [0.29, 0.717) is 34.0 Å². The van der Waals surface area contributed by atoms with Gasteiger partial charge in [0.1, 0.15) is 23.8 Å². The Morgan fingerprint density at radius 2 is 1.54 bits per heavy atom. The van der Waals surface area contributed by atoms with Crippen molar-refractivity contribution in [2.45, 2.75) is 6.54 Å². The second kappa shape index (κ2) is 10.1. The third-order valence-corrected chi connectivity index (χ3v) is 5.56. The molecule has 0 radical (unpaired) electrons. The van der Waals surface area contributed by atoms with E-state index < -0.39 is 11.2 Å². The molecule has 35 heavy (non-hydrogen) atoms. The smallest absolute Gasteiger partial charge is 0.244 e. The standard InChI is InChI=1S/C27H24N2O6/c1-33-18-10-12-23-20(13-18)27(32)21(26(31)17-7-5-4-6-8-17)15-29(23)16-25(30)28-22-11-9-19(34-2)14-24(22)35-3/h4-15H,16H2,1-3H3,(H,28,30). The first-order valence-corrected chi connectivity index (χ1v) is 10.8. The van der Waals surface area contributed by atoms with Gasteiger partial charge in [0.15, 0.2) is 5.78 Å². The maximum Gasteiger partial charge on any atom is 0.244 e. The second-order valence-corrected chi connectivity index (χ2v) is 7.69. The number of pyridine rings is 1. The summed E-state index contributed by atoms with van der Waals surface area (Å²) in [5.41, 5.74) is 0.877. The Hall–Kier alpha value is -4.59. The van der Waals surface area contributed by atoms with Crippen LogP contribution in [0.1, 0.15) is 15.9 Å². The topological polar surface area (TPSA) is 95.9 Å². The molecule has 0 aliphatic carbocycles. The molecule has 0 unspecified atom stereocenters. The lowest BCUT2D eigenvalue weighted by Crippen LogP contribution is -2.24. The maximum atomic E-state index is 13.3. The number of nitrogens with zero attached hydrogens (tertiary/aromatic N) is 1. The normalized spacial score (nSPS) is 10.6. The van der Waals surface area contributed by atoms with Crippen molar-refractivity contribution in [3.05, 3.63) is 94.3 Å². The fraction of sp³-hybridized carbons (Fsp3) is 0.148. The molecule has 4 aromatic rings. The van der Waals surface area contributed by atoms with E-state index in [1.807, 2.05) is 0 Å². The Kier molecular flexibility index (Phi) is 6.82. The molecule has 8 heteroatoms. The first-order valence-electron chi connectivity index (χ1n) is 10.8. The van der Waals surface area contributed by atoms with E-state index in [0.717, 1.165) is 0 Å².